The molecule has 0 aliphatic heterocycles. The van der Waals surface area contributed by atoms with Crippen LogP contribution < -0.4 is 5.73 Å². The van der Waals surface area contributed by atoms with Crippen LogP contribution in [0.25, 0.3) is 0 Å². The molecule has 0 amide bonds. The first-order valence-corrected chi connectivity index (χ1v) is 7.36. The molecule has 0 saturated heterocycles. The van der Waals surface area contributed by atoms with Gasteiger partial charge in [-0.3, -0.25) is 0 Å². The summed E-state index contributed by atoms with van der Waals surface area (Å²) in [6, 6.07) is 8.09. The van der Waals surface area contributed by atoms with E-state index in [9.17, 15) is 0 Å². The number of benzene rings is 1. The summed E-state index contributed by atoms with van der Waals surface area (Å²) in [5.74, 6) is 0.632. The number of hydrogen-bond acceptors (Lipinski definition) is 2. The predicted molar refractivity (Wildman–Crippen MR) is 80.5 cm³/mol. The van der Waals surface area contributed by atoms with E-state index >= 15 is 0 Å². The minimum absolute atomic E-state index is 0.0293. The molecular weight excluding hydrogens is 290 g/mol. The molecular formula is C15H24BrNO. The average molecular weight is 314 g/mol. The molecule has 0 saturated carbocycles. The summed E-state index contributed by atoms with van der Waals surface area (Å²) in [5.41, 5.74) is 7.20. The molecule has 3 heteroatoms. The summed E-state index contributed by atoms with van der Waals surface area (Å²) >= 11 is 3.57. The Balaban J connectivity index is 2.81. The van der Waals surface area contributed by atoms with Crippen LogP contribution in [0.4, 0.5) is 0 Å². The molecule has 18 heavy (non-hydrogen) atoms. The first-order valence-electron chi connectivity index (χ1n) is 6.57. The Hall–Kier alpha value is -0.380. The van der Waals surface area contributed by atoms with E-state index in [1.807, 2.05) is 25.1 Å². The lowest BCUT2D eigenvalue weighted by Crippen LogP contribution is -2.30. The highest BCUT2D eigenvalue weighted by Crippen LogP contribution is 2.29. The topological polar surface area (TPSA) is 35.2 Å². The first-order chi connectivity index (χ1) is 8.41. The fourth-order valence-electron chi connectivity index (χ4n) is 2.16. The van der Waals surface area contributed by atoms with E-state index in [0.717, 1.165) is 16.5 Å². The molecule has 0 aliphatic carbocycles. The quantitative estimate of drug-likeness (QED) is 0.850. The lowest BCUT2D eigenvalue weighted by atomic mass is 10.0. The van der Waals surface area contributed by atoms with Gasteiger partial charge in [-0.1, -0.05) is 48.0 Å². The van der Waals surface area contributed by atoms with Gasteiger partial charge in [-0.25, -0.2) is 0 Å². The zero-order valence-corrected chi connectivity index (χ0v) is 13.3. The fraction of sp³-hybridized carbons (Fsp3) is 0.600. The van der Waals surface area contributed by atoms with Crippen LogP contribution >= 0.6 is 15.9 Å². The maximum absolute atomic E-state index is 6.13. The highest BCUT2D eigenvalue weighted by molar-refractivity contribution is 9.10. The van der Waals surface area contributed by atoms with E-state index in [1.165, 1.54) is 0 Å². The van der Waals surface area contributed by atoms with Crippen molar-refractivity contribution in [2.45, 2.75) is 52.4 Å². The van der Waals surface area contributed by atoms with Gasteiger partial charge in [-0.05, 0) is 37.8 Å². The van der Waals surface area contributed by atoms with Crippen LogP contribution in [0.2, 0.25) is 0 Å². The van der Waals surface area contributed by atoms with Crippen LogP contribution in [-0.2, 0) is 4.74 Å². The van der Waals surface area contributed by atoms with Gasteiger partial charge < -0.3 is 10.5 Å². The summed E-state index contributed by atoms with van der Waals surface area (Å²) in [4.78, 5) is 0. The lowest BCUT2D eigenvalue weighted by molar-refractivity contribution is -0.0240. The van der Waals surface area contributed by atoms with Crippen LogP contribution in [0.3, 0.4) is 0 Å². The van der Waals surface area contributed by atoms with Crippen molar-refractivity contribution in [1.29, 1.82) is 0 Å². The van der Waals surface area contributed by atoms with Gasteiger partial charge in [0.1, 0.15) is 0 Å². The third kappa shape index (κ3) is 4.71. The van der Waals surface area contributed by atoms with E-state index in [2.05, 4.69) is 42.8 Å². The summed E-state index contributed by atoms with van der Waals surface area (Å²) in [6.07, 6.45) is 1.20. The van der Waals surface area contributed by atoms with Gasteiger partial charge >= 0.3 is 0 Å². The molecule has 0 radical (unpaired) electrons. The summed E-state index contributed by atoms with van der Waals surface area (Å²) in [5, 5.41) is 0. The second kappa shape index (κ2) is 7.27. The Morgan fingerprint density at radius 2 is 1.78 bits per heavy atom. The maximum Gasteiger partial charge on any atom is 0.0987 e. The van der Waals surface area contributed by atoms with Crippen LogP contribution in [0.1, 0.15) is 45.8 Å². The van der Waals surface area contributed by atoms with Crippen molar-refractivity contribution < 1.29 is 4.74 Å². The van der Waals surface area contributed by atoms with Crippen molar-refractivity contribution in [3.8, 4) is 0 Å². The largest absolute Gasteiger partial charge is 0.369 e. The van der Waals surface area contributed by atoms with Crippen molar-refractivity contribution in [3.63, 3.8) is 0 Å². The molecule has 1 rings (SSSR count). The standard InChI is InChI=1S/C15H24BrNO/c1-10(2)9-11(3)18-15(12(4)17)13-7-5-6-8-14(13)16/h5-8,10-12,15H,9,17H2,1-4H3. The smallest absolute Gasteiger partial charge is 0.0987 e. The van der Waals surface area contributed by atoms with E-state index in [0.29, 0.717) is 5.92 Å². The average Bonchev–Trinajstić information content (AvgIpc) is 2.25. The maximum atomic E-state index is 6.13. The van der Waals surface area contributed by atoms with E-state index in [4.69, 9.17) is 10.5 Å². The number of rotatable bonds is 6. The molecule has 0 aromatic heterocycles. The molecule has 2 nitrogen and oxygen atoms in total. The molecule has 3 atom stereocenters. The zero-order chi connectivity index (χ0) is 13.7. The molecule has 0 heterocycles. The minimum Gasteiger partial charge on any atom is -0.369 e. The van der Waals surface area contributed by atoms with E-state index in [-0.39, 0.29) is 18.2 Å². The van der Waals surface area contributed by atoms with Crippen LogP contribution in [0.15, 0.2) is 28.7 Å². The Morgan fingerprint density at radius 1 is 1.17 bits per heavy atom. The Labute approximate surface area is 119 Å². The number of nitrogens with two attached hydrogens (primary N) is 1. The molecule has 2 N–H and O–H groups in total. The van der Waals surface area contributed by atoms with Gasteiger partial charge in [0.25, 0.3) is 0 Å². The molecule has 0 fully saturated rings. The van der Waals surface area contributed by atoms with Crippen molar-refractivity contribution in [3.05, 3.63) is 34.3 Å². The Morgan fingerprint density at radius 3 is 2.28 bits per heavy atom. The second-order valence-electron chi connectivity index (χ2n) is 5.38. The number of halogens is 1. The first kappa shape index (κ1) is 15.7. The molecule has 0 spiro atoms. The second-order valence-corrected chi connectivity index (χ2v) is 6.23. The molecule has 0 aliphatic rings. The van der Waals surface area contributed by atoms with Crippen LogP contribution in [0.5, 0.6) is 0 Å². The SMILES string of the molecule is CC(C)CC(C)OC(c1ccccc1Br)C(C)N. The molecule has 102 valence electrons. The predicted octanol–water partition coefficient (Wildman–Crippen LogP) is 4.29. The van der Waals surface area contributed by atoms with Crippen molar-refractivity contribution >= 4 is 15.9 Å². The van der Waals surface area contributed by atoms with Crippen molar-refractivity contribution in [2.75, 3.05) is 0 Å². The van der Waals surface area contributed by atoms with Crippen LogP contribution in [0, 0.1) is 5.92 Å². The molecule has 1 aromatic carbocycles. The van der Waals surface area contributed by atoms with Crippen LogP contribution in [-0.4, -0.2) is 12.1 Å². The van der Waals surface area contributed by atoms with Gasteiger partial charge in [0.15, 0.2) is 0 Å². The summed E-state index contributed by atoms with van der Waals surface area (Å²) in [6.45, 7) is 8.52. The summed E-state index contributed by atoms with van der Waals surface area (Å²) in [7, 11) is 0. The van der Waals surface area contributed by atoms with Crippen molar-refractivity contribution in [2.24, 2.45) is 11.7 Å². The fourth-order valence-corrected chi connectivity index (χ4v) is 2.67. The number of ether oxygens (including phenoxy) is 1. The molecule has 0 bridgehead atoms. The summed E-state index contributed by atoms with van der Waals surface area (Å²) < 4.78 is 7.19. The zero-order valence-electron chi connectivity index (χ0n) is 11.7. The third-order valence-electron chi connectivity index (χ3n) is 2.87. The lowest BCUT2D eigenvalue weighted by Gasteiger charge is -2.27. The molecule has 1 aromatic rings. The van der Waals surface area contributed by atoms with Gasteiger partial charge in [0.2, 0.25) is 0 Å². The Kier molecular flexibility index (Phi) is 6.33. The van der Waals surface area contributed by atoms with Gasteiger partial charge in [-0.2, -0.15) is 0 Å². The highest BCUT2D eigenvalue weighted by atomic mass is 79.9. The van der Waals surface area contributed by atoms with Crippen molar-refractivity contribution in [1.82, 2.24) is 0 Å². The highest BCUT2D eigenvalue weighted by Gasteiger charge is 2.22. The van der Waals surface area contributed by atoms with Gasteiger partial charge in [-0.15, -0.1) is 0 Å². The normalized spacial score (nSPS) is 16.6. The van der Waals surface area contributed by atoms with E-state index < -0.39 is 0 Å². The Bertz CT molecular complexity index is 365. The molecule has 3 unspecified atom stereocenters. The monoisotopic (exact) mass is 313 g/mol. The number of hydrogen-bond donors (Lipinski definition) is 1. The minimum atomic E-state index is -0.0608. The van der Waals surface area contributed by atoms with E-state index in [1.54, 1.807) is 0 Å². The third-order valence-corrected chi connectivity index (χ3v) is 3.59. The van der Waals surface area contributed by atoms with Gasteiger partial charge in [0.05, 0.1) is 12.2 Å². The van der Waals surface area contributed by atoms with Gasteiger partial charge in [0, 0.05) is 10.5 Å².